The largest absolute Gasteiger partial charge is 0.484 e. The molecular weight excluding hydrogens is 328 g/mol. The molecule has 0 fully saturated rings. The van der Waals surface area contributed by atoms with Gasteiger partial charge in [0.2, 0.25) is 5.91 Å². The van der Waals surface area contributed by atoms with Crippen LogP contribution in [0, 0.1) is 6.92 Å². The van der Waals surface area contributed by atoms with Crippen molar-refractivity contribution in [3.05, 3.63) is 65.7 Å². The lowest BCUT2D eigenvalue weighted by molar-refractivity contribution is -0.142. The van der Waals surface area contributed by atoms with Crippen molar-refractivity contribution in [1.29, 1.82) is 0 Å². The molecule has 0 saturated carbocycles. The van der Waals surface area contributed by atoms with Crippen molar-refractivity contribution in [2.24, 2.45) is 0 Å². The summed E-state index contributed by atoms with van der Waals surface area (Å²) < 4.78 is 5.60. The molecule has 0 spiro atoms. The van der Waals surface area contributed by atoms with Crippen LogP contribution in [-0.2, 0) is 16.1 Å². The third-order valence-corrected chi connectivity index (χ3v) is 4.34. The Hall–Kier alpha value is -2.82. The molecule has 2 aromatic carbocycles. The van der Waals surface area contributed by atoms with Crippen molar-refractivity contribution < 1.29 is 14.3 Å². The van der Waals surface area contributed by atoms with Crippen LogP contribution in [0.15, 0.2) is 54.6 Å². The van der Waals surface area contributed by atoms with Gasteiger partial charge in [-0.3, -0.25) is 9.59 Å². The second-order valence-corrected chi connectivity index (χ2v) is 6.09. The van der Waals surface area contributed by atoms with Crippen molar-refractivity contribution >= 4 is 11.8 Å². The Labute approximate surface area is 155 Å². The van der Waals surface area contributed by atoms with E-state index >= 15 is 0 Å². The number of carbonyl (C=O) groups excluding carboxylic acids is 2. The molecule has 2 aromatic rings. The highest BCUT2D eigenvalue weighted by molar-refractivity contribution is 5.88. The number of para-hydroxylation sites is 1. The summed E-state index contributed by atoms with van der Waals surface area (Å²) in [4.78, 5) is 26.8. The van der Waals surface area contributed by atoms with E-state index in [1.165, 1.54) is 0 Å². The zero-order valence-corrected chi connectivity index (χ0v) is 15.6. The van der Waals surface area contributed by atoms with E-state index in [1.54, 1.807) is 24.1 Å². The van der Waals surface area contributed by atoms with Gasteiger partial charge in [0.25, 0.3) is 5.91 Å². The third kappa shape index (κ3) is 5.09. The molecule has 26 heavy (non-hydrogen) atoms. The van der Waals surface area contributed by atoms with Crippen LogP contribution in [0.3, 0.4) is 0 Å². The van der Waals surface area contributed by atoms with Crippen LogP contribution in [0.25, 0.3) is 0 Å². The van der Waals surface area contributed by atoms with Crippen molar-refractivity contribution in [2.75, 3.05) is 13.7 Å². The highest BCUT2D eigenvalue weighted by Gasteiger charge is 2.28. The molecule has 5 nitrogen and oxygen atoms in total. The Morgan fingerprint density at radius 2 is 1.73 bits per heavy atom. The van der Waals surface area contributed by atoms with E-state index in [0.29, 0.717) is 18.7 Å². The summed E-state index contributed by atoms with van der Waals surface area (Å²) in [5.41, 5.74) is 2.10. The number of hydrogen-bond donors (Lipinski definition) is 1. The lowest BCUT2D eigenvalue weighted by atomic mass is 10.1. The van der Waals surface area contributed by atoms with E-state index in [9.17, 15) is 9.59 Å². The van der Waals surface area contributed by atoms with Gasteiger partial charge in [0.05, 0.1) is 0 Å². The van der Waals surface area contributed by atoms with Crippen LogP contribution < -0.4 is 10.1 Å². The molecule has 0 radical (unpaired) electrons. The smallest absolute Gasteiger partial charge is 0.261 e. The molecule has 0 aliphatic rings. The van der Waals surface area contributed by atoms with Crippen LogP contribution in [0.4, 0.5) is 0 Å². The van der Waals surface area contributed by atoms with Crippen molar-refractivity contribution in [3.8, 4) is 5.75 Å². The van der Waals surface area contributed by atoms with Crippen molar-refractivity contribution in [3.63, 3.8) is 0 Å². The van der Waals surface area contributed by atoms with E-state index in [-0.39, 0.29) is 18.4 Å². The second-order valence-electron chi connectivity index (χ2n) is 6.09. The monoisotopic (exact) mass is 354 g/mol. The molecule has 0 unspecified atom stereocenters. The van der Waals surface area contributed by atoms with Crippen LogP contribution in [-0.4, -0.2) is 36.4 Å². The summed E-state index contributed by atoms with van der Waals surface area (Å²) in [5.74, 6) is 0.242. The molecule has 0 saturated heterocycles. The fourth-order valence-corrected chi connectivity index (χ4v) is 2.80. The normalized spacial score (nSPS) is 11.5. The minimum atomic E-state index is -0.536. The molecule has 5 heteroatoms. The topological polar surface area (TPSA) is 58.6 Å². The first-order chi connectivity index (χ1) is 12.6. The van der Waals surface area contributed by atoms with E-state index in [0.717, 1.165) is 11.1 Å². The number of ether oxygens (including phenoxy) is 1. The van der Waals surface area contributed by atoms with Crippen molar-refractivity contribution in [1.82, 2.24) is 10.2 Å². The lowest BCUT2D eigenvalue weighted by Crippen LogP contribution is -2.49. The molecule has 1 N–H and O–H groups in total. The fraction of sp³-hybridized carbons (Fsp3) is 0.333. The van der Waals surface area contributed by atoms with Gasteiger partial charge in [0.15, 0.2) is 6.61 Å². The Morgan fingerprint density at radius 3 is 2.35 bits per heavy atom. The highest BCUT2D eigenvalue weighted by atomic mass is 16.5. The molecule has 0 aromatic heterocycles. The van der Waals surface area contributed by atoms with Gasteiger partial charge >= 0.3 is 0 Å². The molecule has 0 bridgehead atoms. The van der Waals surface area contributed by atoms with E-state index in [2.05, 4.69) is 5.32 Å². The first-order valence-electron chi connectivity index (χ1n) is 8.80. The minimum Gasteiger partial charge on any atom is -0.484 e. The molecule has 0 aliphatic carbocycles. The summed E-state index contributed by atoms with van der Waals surface area (Å²) in [5, 5.41) is 2.65. The molecule has 2 amide bonds. The Balaban J connectivity index is 2.19. The van der Waals surface area contributed by atoms with Gasteiger partial charge in [-0.2, -0.15) is 0 Å². The summed E-state index contributed by atoms with van der Waals surface area (Å²) in [7, 11) is 1.59. The number of hydrogen-bond acceptors (Lipinski definition) is 3. The number of nitrogens with one attached hydrogen (secondary N) is 1. The standard InChI is InChI=1S/C21H26N2O3/c1-4-19(21(25)22-3)23(14-17-11-9-8-10-16(17)2)20(24)15-26-18-12-6-5-7-13-18/h5-13,19H,4,14-15H2,1-3H3,(H,22,25)/t19-/m1/s1. The number of benzene rings is 2. The third-order valence-electron chi connectivity index (χ3n) is 4.34. The zero-order valence-electron chi connectivity index (χ0n) is 15.6. The van der Waals surface area contributed by atoms with Gasteiger partial charge < -0.3 is 15.0 Å². The number of carbonyl (C=O) groups is 2. The van der Waals surface area contributed by atoms with Crippen LogP contribution in [0.2, 0.25) is 0 Å². The molecule has 0 heterocycles. The first kappa shape index (κ1) is 19.5. The summed E-state index contributed by atoms with van der Waals surface area (Å²) in [6.07, 6.45) is 0.530. The Kier molecular flexibility index (Phi) is 7.21. The average Bonchev–Trinajstić information content (AvgIpc) is 2.67. The number of likely N-dealkylation sites (N-methyl/N-ethyl adjacent to an activating group) is 1. The maximum absolute atomic E-state index is 12.9. The summed E-state index contributed by atoms with van der Waals surface area (Å²) in [6.45, 7) is 4.16. The minimum absolute atomic E-state index is 0.108. The van der Waals surface area contributed by atoms with Gasteiger partial charge in [-0.1, -0.05) is 49.4 Å². The highest BCUT2D eigenvalue weighted by Crippen LogP contribution is 2.16. The maximum Gasteiger partial charge on any atom is 0.261 e. The molecular formula is C21H26N2O3. The van der Waals surface area contributed by atoms with Crippen LogP contribution >= 0.6 is 0 Å². The Bertz CT molecular complexity index is 731. The lowest BCUT2D eigenvalue weighted by Gasteiger charge is -2.30. The van der Waals surface area contributed by atoms with Gasteiger partial charge in [-0.05, 0) is 36.6 Å². The maximum atomic E-state index is 12.9. The SMILES string of the molecule is CC[C@H](C(=O)NC)N(Cc1ccccc1C)C(=O)COc1ccccc1. The second kappa shape index (κ2) is 9.61. The molecule has 138 valence electrons. The van der Waals surface area contributed by atoms with Gasteiger partial charge in [0, 0.05) is 13.6 Å². The first-order valence-corrected chi connectivity index (χ1v) is 8.80. The fourth-order valence-electron chi connectivity index (χ4n) is 2.80. The van der Waals surface area contributed by atoms with Crippen molar-refractivity contribution in [2.45, 2.75) is 32.9 Å². The zero-order chi connectivity index (χ0) is 18.9. The quantitative estimate of drug-likeness (QED) is 0.793. The number of aryl methyl sites for hydroxylation is 1. The molecule has 0 aliphatic heterocycles. The summed E-state index contributed by atoms with van der Waals surface area (Å²) in [6, 6.07) is 16.5. The van der Waals surface area contributed by atoms with Gasteiger partial charge in [-0.25, -0.2) is 0 Å². The predicted octanol–water partition coefficient (Wildman–Crippen LogP) is 2.93. The number of rotatable bonds is 8. The van der Waals surface area contributed by atoms with Crippen LogP contribution in [0.1, 0.15) is 24.5 Å². The Morgan fingerprint density at radius 1 is 1.08 bits per heavy atom. The molecule has 1 atom stereocenters. The predicted molar refractivity (Wildman–Crippen MR) is 102 cm³/mol. The van der Waals surface area contributed by atoms with Gasteiger partial charge in [-0.15, -0.1) is 0 Å². The average molecular weight is 354 g/mol. The number of nitrogens with zero attached hydrogens (tertiary/aromatic N) is 1. The van der Waals surface area contributed by atoms with E-state index in [4.69, 9.17) is 4.74 Å². The van der Waals surface area contributed by atoms with E-state index < -0.39 is 6.04 Å². The van der Waals surface area contributed by atoms with Crippen LogP contribution in [0.5, 0.6) is 5.75 Å². The van der Waals surface area contributed by atoms with E-state index in [1.807, 2.05) is 56.3 Å². The summed E-state index contributed by atoms with van der Waals surface area (Å²) >= 11 is 0. The molecule has 2 rings (SSSR count). The number of amides is 2. The van der Waals surface area contributed by atoms with Gasteiger partial charge in [0.1, 0.15) is 11.8 Å².